The largest absolute Gasteiger partial charge is 0.366 e. The highest BCUT2D eigenvalue weighted by molar-refractivity contribution is 7.71. The van der Waals surface area contributed by atoms with Crippen LogP contribution in [0.2, 0.25) is 0 Å². The fourth-order valence-electron chi connectivity index (χ4n) is 2.24. The van der Waals surface area contributed by atoms with Gasteiger partial charge < -0.3 is 10.7 Å². The first-order valence-electron chi connectivity index (χ1n) is 6.43. The Bertz CT molecular complexity index is 849. The van der Waals surface area contributed by atoms with Crippen LogP contribution in [0.15, 0.2) is 60.8 Å². The summed E-state index contributed by atoms with van der Waals surface area (Å²) in [4.78, 5) is 14.4. The number of benzene rings is 2. The van der Waals surface area contributed by atoms with E-state index < -0.39 is 5.91 Å². The van der Waals surface area contributed by atoms with E-state index in [9.17, 15) is 4.79 Å². The van der Waals surface area contributed by atoms with Gasteiger partial charge in [-0.25, -0.2) is 0 Å². The van der Waals surface area contributed by atoms with E-state index >= 15 is 0 Å². The first-order valence-corrected chi connectivity index (χ1v) is 6.84. The van der Waals surface area contributed by atoms with Gasteiger partial charge in [0.2, 0.25) is 5.91 Å². The number of rotatable bonds is 3. The molecule has 1 aromatic heterocycles. The summed E-state index contributed by atoms with van der Waals surface area (Å²) in [5.74, 6) is -0.458. The number of H-pyrrole nitrogens is 1. The van der Waals surface area contributed by atoms with Crippen LogP contribution in [0.1, 0.15) is 10.4 Å². The third-order valence-electron chi connectivity index (χ3n) is 3.23. The maximum absolute atomic E-state index is 11.3. The van der Waals surface area contributed by atoms with Crippen LogP contribution in [0.4, 0.5) is 0 Å². The minimum Gasteiger partial charge on any atom is -0.366 e. The molecule has 104 valence electrons. The molecule has 0 unspecified atom stereocenters. The molecule has 3 aromatic rings. The summed E-state index contributed by atoms with van der Waals surface area (Å²) in [6.07, 6.45) is 1.86. The quantitative estimate of drug-likeness (QED) is 0.728. The zero-order valence-corrected chi connectivity index (χ0v) is 11.9. The number of hydrogen-bond acceptors (Lipinski definition) is 2. The van der Waals surface area contributed by atoms with Gasteiger partial charge in [-0.15, -0.1) is 0 Å². The van der Waals surface area contributed by atoms with Gasteiger partial charge in [0.05, 0.1) is 5.69 Å². The first-order chi connectivity index (χ1) is 10.2. The van der Waals surface area contributed by atoms with Crippen LogP contribution in [-0.2, 0) is 0 Å². The zero-order chi connectivity index (χ0) is 14.8. The zero-order valence-electron chi connectivity index (χ0n) is 11.1. The van der Waals surface area contributed by atoms with E-state index in [1.807, 2.05) is 47.2 Å². The second-order valence-electron chi connectivity index (χ2n) is 4.60. The van der Waals surface area contributed by atoms with Crippen LogP contribution in [0, 0.1) is 4.77 Å². The molecule has 0 radical (unpaired) electrons. The number of carbonyl (C=O) groups is 1. The lowest BCUT2D eigenvalue weighted by atomic mass is 10.1. The van der Waals surface area contributed by atoms with Gasteiger partial charge in [0.1, 0.15) is 0 Å². The summed E-state index contributed by atoms with van der Waals surface area (Å²) < 4.78 is 2.45. The van der Waals surface area contributed by atoms with E-state index in [0.29, 0.717) is 10.3 Å². The third kappa shape index (κ3) is 2.51. The van der Waals surface area contributed by atoms with Gasteiger partial charge >= 0.3 is 0 Å². The fourth-order valence-corrected chi connectivity index (χ4v) is 2.51. The minimum absolute atomic E-state index is 0.453. The summed E-state index contributed by atoms with van der Waals surface area (Å²) in [7, 11) is 0. The highest BCUT2D eigenvalue weighted by atomic mass is 32.1. The molecule has 1 amide bonds. The predicted molar refractivity (Wildman–Crippen MR) is 84.9 cm³/mol. The van der Waals surface area contributed by atoms with Crippen molar-refractivity contribution < 1.29 is 4.79 Å². The second kappa shape index (κ2) is 5.38. The van der Waals surface area contributed by atoms with Gasteiger partial charge in [0.25, 0.3) is 0 Å². The molecule has 1 heterocycles. The van der Waals surface area contributed by atoms with E-state index in [1.165, 1.54) is 0 Å². The molecular weight excluding hydrogens is 282 g/mol. The fraction of sp³-hybridized carbons (Fsp3) is 0. The minimum atomic E-state index is -0.458. The SMILES string of the molecule is NC(=O)c1cccc(-n2c(-c3ccccc3)c[nH]c2=S)c1. The van der Waals surface area contributed by atoms with Crippen LogP contribution in [0.5, 0.6) is 0 Å². The van der Waals surface area contributed by atoms with E-state index in [2.05, 4.69) is 4.98 Å². The van der Waals surface area contributed by atoms with Crippen molar-refractivity contribution in [1.82, 2.24) is 9.55 Å². The van der Waals surface area contributed by atoms with Crippen LogP contribution in [0.25, 0.3) is 16.9 Å². The van der Waals surface area contributed by atoms with Crippen LogP contribution in [0.3, 0.4) is 0 Å². The van der Waals surface area contributed by atoms with Gasteiger partial charge in [-0.05, 0) is 30.4 Å². The van der Waals surface area contributed by atoms with Gasteiger partial charge in [-0.2, -0.15) is 0 Å². The standard InChI is InChI=1S/C16H13N3OS/c17-15(20)12-7-4-8-13(9-12)19-14(10-18-16(19)21)11-5-2-1-3-6-11/h1-10H,(H2,17,20)(H,18,21). The molecule has 0 bridgehead atoms. The van der Waals surface area contributed by atoms with Crippen molar-refractivity contribution in [2.75, 3.05) is 0 Å². The molecular formula is C16H13N3OS. The predicted octanol–water partition coefficient (Wildman–Crippen LogP) is 3.30. The topological polar surface area (TPSA) is 63.8 Å². The van der Waals surface area contributed by atoms with Crippen molar-refractivity contribution in [3.63, 3.8) is 0 Å². The lowest BCUT2D eigenvalue weighted by Crippen LogP contribution is -2.11. The number of hydrogen-bond donors (Lipinski definition) is 2. The van der Waals surface area contributed by atoms with Crippen LogP contribution >= 0.6 is 12.2 Å². The number of aromatic amines is 1. The normalized spacial score (nSPS) is 10.5. The Balaban J connectivity index is 2.20. The summed E-state index contributed by atoms with van der Waals surface area (Å²) in [5, 5.41) is 0. The molecule has 3 rings (SSSR count). The van der Waals surface area contributed by atoms with E-state index in [1.54, 1.807) is 18.2 Å². The Morgan fingerprint density at radius 2 is 1.86 bits per heavy atom. The molecule has 5 heteroatoms. The van der Waals surface area contributed by atoms with Gasteiger partial charge in [0.15, 0.2) is 4.77 Å². The molecule has 21 heavy (non-hydrogen) atoms. The van der Waals surface area contributed by atoms with Crippen molar-refractivity contribution >= 4 is 18.1 Å². The number of nitrogens with one attached hydrogen (secondary N) is 1. The summed E-state index contributed by atoms with van der Waals surface area (Å²) in [6.45, 7) is 0. The maximum atomic E-state index is 11.3. The van der Waals surface area contributed by atoms with Crippen molar-refractivity contribution in [3.8, 4) is 16.9 Å². The molecule has 0 saturated heterocycles. The number of carbonyl (C=O) groups excluding carboxylic acids is 1. The van der Waals surface area contributed by atoms with Gasteiger partial charge in [-0.3, -0.25) is 9.36 Å². The Kier molecular flexibility index (Phi) is 3.41. The van der Waals surface area contributed by atoms with E-state index in [0.717, 1.165) is 16.9 Å². The van der Waals surface area contributed by atoms with Crippen molar-refractivity contribution in [2.45, 2.75) is 0 Å². The molecule has 2 aromatic carbocycles. The number of imidazole rings is 1. The molecule has 3 N–H and O–H groups in total. The molecule has 0 saturated carbocycles. The average molecular weight is 295 g/mol. The van der Waals surface area contributed by atoms with Gasteiger partial charge in [0, 0.05) is 23.0 Å². The Labute approximate surface area is 126 Å². The molecule has 4 nitrogen and oxygen atoms in total. The Morgan fingerprint density at radius 1 is 1.10 bits per heavy atom. The molecule has 0 aliphatic rings. The third-order valence-corrected chi connectivity index (χ3v) is 3.54. The highest BCUT2D eigenvalue weighted by Crippen LogP contribution is 2.23. The lowest BCUT2D eigenvalue weighted by molar-refractivity contribution is 0.100. The molecule has 0 atom stereocenters. The van der Waals surface area contributed by atoms with Crippen LogP contribution in [-0.4, -0.2) is 15.5 Å². The van der Waals surface area contributed by atoms with Crippen LogP contribution < -0.4 is 5.73 Å². The first kappa shape index (κ1) is 13.3. The molecule has 0 spiro atoms. The van der Waals surface area contributed by atoms with Crippen molar-refractivity contribution in [3.05, 3.63) is 71.1 Å². The van der Waals surface area contributed by atoms with E-state index in [-0.39, 0.29) is 0 Å². The summed E-state index contributed by atoms with van der Waals surface area (Å²) >= 11 is 5.36. The number of amides is 1. The molecule has 0 fully saturated rings. The Morgan fingerprint density at radius 3 is 2.57 bits per heavy atom. The Hall–Kier alpha value is -2.66. The number of nitrogens with two attached hydrogens (primary N) is 1. The highest BCUT2D eigenvalue weighted by Gasteiger charge is 2.10. The maximum Gasteiger partial charge on any atom is 0.248 e. The number of aromatic nitrogens is 2. The lowest BCUT2D eigenvalue weighted by Gasteiger charge is -2.09. The van der Waals surface area contributed by atoms with E-state index in [4.69, 9.17) is 18.0 Å². The number of nitrogens with zero attached hydrogens (tertiary/aromatic N) is 1. The smallest absolute Gasteiger partial charge is 0.248 e. The number of primary amides is 1. The monoisotopic (exact) mass is 295 g/mol. The average Bonchev–Trinajstić information content (AvgIpc) is 2.90. The van der Waals surface area contributed by atoms with Crippen molar-refractivity contribution in [2.24, 2.45) is 5.73 Å². The summed E-state index contributed by atoms with van der Waals surface area (Å²) in [5.41, 5.74) is 8.57. The van der Waals surface area contributed by atoms with Crippen molar-refractivity contribution in [1.29, 1.82) is 0 Å². The molecule has 0 aliphatic carbocycles. The van der Waals surface area contributed by atoms with Gasteiger partial charge in [-0.1, -0.05) is 36.4 Å². The second-order valence-corrected chi connectivity index (χ2v) is 4.98. The molecule has 0 aliphatic heterocycles. The summed E-state index contributed by atoms with van der Waals surface area (Å²) in [6, 6.07) is 17.0.